The lowest BCUT2D eigenvalue weighted by atomic mass is 10.0. The summed E-state index contributed by atoms with van der Waals surface area (Å²) in [7, 11) is 0. The molecule has 2 fully saturated rings. The van der Waals surface area contributed by atoms with E-state index in [1.54, 1.807) is 30.3 Å². The van der Waals surface area contributed by atoms with Crippen molar-refractivity contribution < 1.29 is 27.6 Å². The molecule has 2 aliphatic rings. The summed E-state index contributed by atoms with van der Waals surface area (Å²) in [6.07, 6.45) is 1.22. The number of likely N-dealkylation sites (tertiary alicyclic amines) is 1. The molecule has 3 atom stereocenters. The van der Waals surface area contributed by atoms with Gasteiger partial charge in [0.1, 0.15) is 30.6 Å². The summed E-state index contributed by atoms with van der Waals surface area (Å²) in [5, 5.41) is 11.4. The molecule has 1 saturated heterocycles. The first kappa shape index (κ1) is 27.5. The number of hydrogen-bond acceptors (Lipinski definition) is 7. The zero-order valence-corrected chi connectivity index (χ0v) is 23.0. The molecule has 4 heterocycles. The zero-order valence-electron chi connectivity index (χ0n) is 23.0. The summed E-state index contributed by atoms with van der Waals surface area (Å²) in [5.74, 6) is -0.524. The van der Waals surface area contributed by atoms with Crippen LogP contribution in [0.3, 0.4) is 0 Å². The highest BCUT2D eigenvalue weighted by Crippen LogP contribution is 2.59. The summed E-state index contributed by atoms with van der Waals surface area (Å²) in [6.45, 7) is 3.70. The maximum absolute atomic E-state index is 13.7. The number of carbonyl (C=O) groups is 3. The highest BCUT2D eigenvalue weighted by atomic mass is 19.4. The molecular weight excluding hydrogens is 553 g/mol. The molecule has 1 unspecified atom stereocenters. The number of alkyl halides is 3. The molecule has 1 aliphatic heterocycles. The molecule has 42 heavy (non-hydrogen) atoms. The Morgan fingerprint density at radius 1 is 1.07 bits per heavy atom. The van der Waals surface area contributed by atoms with E-state index >= 15 is 0 Å². The van der Waals surface area contributed by atoms with E-state index in [1.165, 1.54) is 17.7 Å². The quantitative estimate of drug-likeness (QED) is 0.330. The average molecular weight is 581 g/mol. The number of aromatic nitrogens is 6. The number of piperidine rings is 1. The molecule has 1 aliphatic carbocycles. The number of halogens is 3. The molecule has 4 aromatic rings. The van der Waals surface area contributed by atoms with Crippen molar-refractivity contribution in [1.29, 1.82) is 0 Å². The Morgan fingerprint density at radius 2 is 1.81 bits per heavy atom. The Balaban J connectivity index is 1.24. The van der Waals surface area contributed by atoms with Gasteiger partial charge in [-0.3, -0.25) is 23.7 Å². The van der Waals surface area contributed by atoms with Crippen LogP contribution in [0, 0.1) is 12.3 Å². The Bertz CT molecular complexity index is 1730. The maximum atomic E-state index is 13.7. The molecule has 14 heteroatoms. The summed E-state index contributed by atoms with van der Waals surface area (Å²) < 4.78 is 40.3. The minimum Gasteiger partial charge on any atom is -0.325 e. The number of ketones is 1. The number of aryl methyl sites for hydroxylation is 1. The van der Waals surface area contributed by atoms with Crippen molar-refractivity contribution in [3.05, 3.63) is 54.4 Å². The van der Waals surface area contributed by atoms with Crippen molar-refractivity contribution in [2.75, 3.05) is 5.32 Å². The maximum Gasteiger partial charge on any atom is 0.408 e. The average Bonchev–Trinajstić information content (AvgIpc) is 3.21. The second kappa shape index (κ2) is 9.74. The molecule has 11 nitrogen and oxygen atoms in total. The number of nitrogens with one attached hydrogen (secondary N) is 1. The van der Waals surface area contributed by atoms with Crippen LogP contribution >= 0.6 is 0 Å². The van der Waals surface area contributed by atoms with E-state index in [9.17, 15) is 27.6 Å². The standard InChI is InChI=1S/C28H27F3N8O3/c1-15(40)25-19-8-17(18-11-32-16(2)33-12-18)4-5-20(19)38(36-25)13-24(41)39-21(9-27(3)10-22(27)39)26(42)34-23-6-7-37(35-23)14-28(29,30)31/h4-8,11-12,21-22H,9-10,13-14H2,1-3H3,(H,34,35,42)/t21-,22?,27-/m0/s1. The van der Waals surface area contributed by atoms with Crippen LogP contribution in [0.15, 0.2) is 42.9 Å². The SMILES string of the molecule is CC(=O)c1nn(CC(=O)N2C3C[C@]3(C)C[C@H]2C(=O)Nc2ccn(CC(F)(F)F)n2)c2ccc(-c3cnc(C)nc3)cc12. The minimum atomic E-state index is -4.45. The fourth-order valence-electron chi connectivity index (χ4n) is 5.76. The number of Topliss-reactive ketones (excluding diaryl/α,β-unsaturated/α-hetero) is 1. The number of carbonyl (C=O) groups excluding carboxylic acids is 3. The number of amides is 2. The van der Waals surface area contributed by atoms with Crippen molar-refractivity contribution in [2.45, 2.75) is 65.0 Å². The lowest BCUT2D eigenvalue weighted by Gasteiger charge is -2.26. The molecule has 0 bridgehead atoms. The third-order valence-corrected chi connectivity index (χ3v) is 7.94. The predicted octanol–water partition coefficient (Wildman–Crippen LogP) is 3.78. The molecule has 2 amide bonds. The first-order valence-corrected chi connectivity index (χ1v) is 13.3. The van der Waals surface area contributed by atoms with Gasteiger partial charge in [-0.2, -0.15) is 23.4 Å². The van der Waals surface area contributed by atoms with E-state index in [4.69, 9.17) is 0 Å². The number of nitrogens with zero attached hydrogens (tertiary/aromatic N) is 7. The summed E-state index contributed by atoms with van der Waals surface area (Å²) in [4.78, 5) is 49.4. The van der Waals surface area contributed by atoms with Crippen molar-refractivity contribution in [2.24, 2.45) is 5.41 Å². The first-order chi connectivity index (χ1) is 19.8. The third kappa shape index (κ3) is 5.12. The molecular formula is C28H27F3N8O3. The van der Waals surface area contributed by atoms with Crippen molar-refractivity contribution in [3.63, 3.8) is 0 Å². The van der Waals surface area contributed by atoms with E-state index < -0.39 is 24.7 Å². The highest BCUT2D eigenvalue weighted by Gasteiger charge is 2.64. The molecule has 218 valence electrons. The first-order valence-electron chi connectivity index (χ1n) is 13.3. The van der Waals surface area contributed by atoms with Gasteiger partial charge in [0.2, 0.25) is 11.8 Å². The van der Waals surface area contributed by atoms with Gasteiger partial charge in [-0.1, -0.05) is 13.0 Å². The van der Waals surface area contributed by atoms with Gasteiger partial charge >= 0.3 is 6.18 Å². The van der Waals surface area contributed by atoms with Crippen LogP contribution in [-0.4, -0.2) is 70.3 Å². The molecule has 1 N–H and O–H groups in total. The van der Waals surface area contributed by atoms with Gasteiger partial charge < -0.3 is 10.2 Å². The van der Waals surface area contributed by atoms with E-state index in [-0.39, 0.29) is 41.2 Å². The Labute approximate surface area is 237 Å². The van der Waals surface area contributed by atoms with E-state index in [1.807, 2.05) is 19.1 Å². The Hall–Kier alpha value is -4.62. The van der Waals surface area contributed by atoms with Gasteiger partial charge in [-0.05, 0) is 42.9 Å². The fraction of sp³-hybridized carbons (Fsp3) is 0.393. The smallest absolute Gasteiger partial charge is 0.325 e. The molecule has 1 saturated carbocycles. The molecule has 0 spiro atoms. The largest absolute Gasteiger partial charge is 0.408 e. The van der Waals surface area contributed by atoms with Gasteiger partial charge in [-0.25, -0.2) is 9.97 Å². The fourth-order valence-corrected chi connectivity index (χ4v) is 5.76. The Kier molecular flexibility index (Phi) is 6.39. The Morgan fingerprint density at radius 3 is 2.50 bits per heavy atom. The lowest BCUT2D eigenvalue weighted by molar-refractivity contribution is -0.142. The predicted molar refractivity (Wildman–Crippen MR) is 144 cm³/mol. The number of benzene rings is 1. The van der Waals surface area contributed by atoms with Gasteiger partial charge in [0.25, 0.3) is 0 Å². The normalized spacial score (nSPS) is 21.4. The van der Waals surface area contributed by atoms with Crippen LogP contribution in [0.25, 0.3) is 22.0 Å². The second-order valence-corrected chi connectivity index (χ2v) is 11.2. The van der Waals surface area contributed by atoms with Crippen LogP contribution in [0.1, 0.15) is 43.0 Å². The number of hydrogen-bond donors (Lipinski definition) is 1. The molecule has 6 rings (SSSR count). The minimum absolute atomic E-state index is 0.0265. The van der Waals surface area contributed by atoms with Crippen LogP contribution in [0.5, 0.6) is 0 Å². The van der Waals surface area contributed by atoms with Gasteiger partial charge in [0, 0.05) is 48.6 Å². The van der Waals surface area contributed by atoms with Crippen LogP contribution in [-0.2, 0) is 22.7 Å². The van der Waals surface area contributed by atoms with Crippen molar-refractivity contribution in [1.82, 2.24) is 34.4 Å². The van der Waals surface area contributed by atoms with Crippen molar-refractivity contribution in [3.8, 4) is 11.1 Å². The molecule has 0 radical (unpaired) electrons. The number of fused-ring (bicyclic) bond motifs is 2. The summed E-state index contributed by atoms with van der Waals surface area (Å²) in [6, 6.07) is 5.75. The second-order valence-electron chi connectivity index (χ2n) is 11.2. The van der Waals surface area contributed by atoms with E-state index in [0.717, 1.165) is 23.7 Å². The van der Waals surface area contributed by atoms with Crippen LogP contribution in [0.4, 0.5) is 19.0 Å². The van der Waals surface area contributed by atoms with Gasteiger partial charge in [-0.15, -0.1) is 0 Å². The molecule has 3 aromatic heterocycles. The third-order valence-electron chi connectivity index (χ3n) is 7.94. The van der Waals surface area contributed by atoms with Crippen LogP contribution in [0.2, 0.25) is 0 Å². The summed E-state index contributed by atoms with van der Waals surface area (Å²) in [5.41, 5.74) is 2.13. The van der Waals surface area contributed by atoms with Crippen molar-refractivity contribution >= 4 is 34.3 Å². The van der Waals surface area contributed by atoms with Gasteiger partial charge in [0.15, 0.2) is 11.6 Å². The lowest BCUT2D eigenvalue weighted by Crippen LogP contribution is -2.46. The van der Waals surface area contributed by atoms with E-state index in [2.05, 4.69) is 25.5 Å². The number of rotatable bonds is 7. The van der Waals surface area contributed by atoms with Gasteiger partial charge in [0.05, 0.1) is 5.52 Å². The van der Waals surface area contributed by atoms with E-state index in [0.29, 0.717) is 27.8 Å². The van der Waals surface area contributed by atoms with Crippen LogP contribution < -0.4 is 5.32 Å². The monoisotopic (exact) mass is 580 g/mol. The molecule has 1 aromatic carbocycles. The topological polar surface area (TPSA) is 128 Å². The number of anilines is 1. The summed E-state index contributed by atoms with van der Waals surface area (Å²) >= 11 is 0. The highest BCUT2D eigenvalue weighted by molar-refractivity contribution is 6.06. The zero-order chi connectivity index (χ0) is 30.0.